The van der Waals surface area contributed by atoms with Crippen LogP contribution >= 0.6 is 23.2 Å². The summed E-state index contributed by atoms with van der Waals surface area (Å²) < 4.78 is 0.315. The van der Waals surface area contributed by atoms with Gasteiger partial charge in [-0.2, -0.15) is 0 Å². The topological polar surface area (TPSA) is 0 Å². The quantitative estimate of drug-likeness (QED) is 0.272. The molecule has 0 N–H and O–H groups in total. The molecule has 0 radical (unpaired) electrons. The molecule has 3 heteroatoms. The summed E-state index contributed by atoms with van der Waals surface area (Å²) in [6.07, 6.45) is 2.46. The molecule has 39 heavy (non-hydrogen) atoms. The van der Waals surface area contributed by atoms with Gasteiger partial charge in [-0.15, -0.1) is 0 Å². The average molecular weight is 640 g/mol. The molecule has 0 fully saturated rings. The molecule has 5 rings (SSSR count). The van der Waals surface area contributed by atoms with Crippen molar-refractivity contribution in [3.63, 3.8) is 0 Å². The van der Waals surface area contributed by atoms with E-state index in [-0.39, 0.29) is 38.3 Å². The molecule has 0 nitrogen and oxygen atoms in total. The molecule has 0 heterocycles. The first-order valence-electron chi connectivity index (χ1n) is 14.5. The van der Waals surface area contributed by atoms with Crippen LogP contribution in [0, 0.1) is 24.7 Å². The fourth-order valence-electron chi connectivity index (χ4n) is 7.81. The van der Waals surface area contributed by atoms with E-state index in [1.165, 1.54) is 85.9 Å². The monoisotopic (exact) mass is 637 g/mol. The predicted octanol–water partition coefficient (Wildman–Crippen LogP) is 10.9. The van der Waals surface area contributed by atoms with E-state index in [9.17, 15) is 0 Å². The molecule has 207 valence electrons. The van der Waals surface area contributed by atoms with E-state index >= 15 is 0 Å². The molecule has 0 aliphatic heterocycles. The van der Waals surface area contributed by atoms with Crippen LogP contribution in [0.25, 0.3) is 11.1 Å². The maximum atomic E-state index is 7.59. The van der Waals surface area contributed by atoms with Gasteiger partial charge in [0.1, 0.15) is 0 Å². The zero-order valence-corrected chi connectivity index (χ0v) is 29.9. The molecule has 3 aliphatic rings. The van der Waals surface area contributed by atoms with Gasteiger partial charge in [0.15, 0.2) is 0 Å². The molecule has 2 aromatic rings. The van der Waals surface area contributed by atoms with Gasteiger partial charge >= 0.3 is 265 Å². The van der Waals surface area contributed by atoms with Gasteiger partial charge in [0.05, 0.1) is 0 Å². The van der Waals surface area contributed by atoms with Crippen LogP contribution < -0.4 is 0 Å². The Balaban J connectivity index is 1.84. The third kappa shape index (κ3) is 4.38. The van der Waals surface area contributed by atoms with Crippen LogP contribution in [-0.2, 0) is 35.5 Å². The molecular weight excluding hydrogens is 595 g/mol. The Hall–Kier alpha value is -0.617. The van der Waals surface area contributed by atoms with Gasteiger partial charge in [-0.25, -0.2) is 0 Å². The van der Waals surface area contributed by atoms with Crippen molar-refractivity contribution in [3.8, 4) is 11.1 Å². The maximum absolute atomic E-state index is 7.59. The van der Waals surface area contributed by atoms with Crippen molar-refractivity contribution in [2.45, 2.75) is 114 Å². The van der Waals surface area contributed by atoms with Crippen molar-refractivity contribution in [3.05, 3.63) is 80.4 Å². The van der Waals surface area contributed by atoms with E-state index < -0.39 is 0 Å². The summed E-state index contributed by atoms with van der Waals surface area (Å²) >= 11 is 16.3. The second kappa shape index (κ2) is 9.19. The van der Waals surface area contributed by atoms with E-state index in [0.29, 0.717) is 3.63 Å². The second-order valence-corrected chi connectivity index (χ2v) is 18.1. The minimum atomic E-state index is -0.240. The van der Waals surface area contributed by atoms with Gasteiger partial charge in [-0.1, -0.05) is 0 Å². The Bertz CT molecular complexity index is 1370. The van der Waals surface area contributed by atoms with Crippen LogP contribution in [0.2, 0.25) is 3.63 Å². The number of rotatable bonds is 1. The molecule has 2 aromatic carbocycles. The Morgan fingerprint density at radius 3 is 1.54 bits per heavy atom. The summed E-state index contributed by atoms with van der Waals surface area (Å²) in [5, 5.41) is -0.0450. The molecule has 0 saturated heterocycles. The summed E-state index contributed by atoms with van der Waals surface area (Å²) in [5.74, 6) is 0.195. The first kappa shape index (κ1) is 29.9. The van der Waals surface area contributed by atoms with Crippen molar-refractivity contribution in [1.82, 2.24) is 0 Å². The summed E-state index contributed by atoms with van der Waals surface area (Å²) in [6.45, 7) is 27.9. The zero-order chi connectivity index (χ0) is 29.2. The van der Waals surface area contributed by atoms with Crippen molar-refractivity contribution >= 4 is 23.2 Å². The summed E-state index contributed by atoms with van der Waals surface area (Å²) in [4.78, 5) is 0. The van der Waals surface area contributed by atoms with Crippen LogP contribution in [0.3, 0.4) is 0 Å². The number of allylic oxidation sites excluding steroid dienone is 4. The van der Waals surface area contributed by atoms with E-state index in [1.54, 1.807) is 0 Å². The fourth-order valence-corrected chi connectivity index (χ4v) is 10.7. The van der Waals surface area contributed by atoms with Gasteiger partial charge in [-0.05, 0) is 0 Å². The number of halogens is 2. The number of alkyl halides is 2. The number of hydrogen-bond donors (Lipinski definition) is 0. The first-order chi connectivity index (χ1) is 17.7. The van der Waals surface area contributed by atoms with Gasteiger partial charge in [0.25, 0.3) is 0 Å². The van der Waals surface area contributed by atoms with E-state index in [2.05, 4.69) is 113 Å². The van der Waals surface area contributed by atoms with Crippen molar-refractivity contribution in [2.75, 3.05) is 0 Å². The number of aryl methyl sites for hydroxylation is 2. The Kier molecular flexibility index (Phi) is 7.04. The van der Waals surface area contributed by atoms with Crippen LogP contribution in [-0.4, -0.2) is 10.8 Å². The van der Waals surface area contributed by atoms with Gasteiger partial charge < -0.3 is 0 Å². The molecule has 0 aromatic heterocycles. The van der Waals surface area contributed by atoms with Crippen LogP contribution in [0.5, 0.6) is 0 Å². The Morgan fingerprint density at radius 1 is 0.718 bits per heavy atom. The van der Waals surface area contributed by atoms with Crippen LogP contribution in [0.1, 0.15) is 109 Å². The second-order valence-electron chi connectivity index (χ2n) is 15.7. The Labute approximate surface area is 262 Å². The molecule has 3 aliphatic carbocycles. The van der Waals surface area contributed by atoms with Crippen molar-refractivity contribution in [2.24, 2.45) is 10.8 Å². The van der Waals surface area contributed by atoms with Crippen LogP contribution in [0.4, 0.5) is 0 Å². The predicted molar refractivity (Wildman–Crippen MR) is 166 cm³/mol. The first-order valence-corrected chi connectivity index (χ1v) is 16.8. The standard InChI is InChI=1S/C36H45Cl2.Zr/c1-19-13-23-21(15-26(19)33(3,4)5)22-16-27(34(6,7)8)20(2)14-24(22)31(23)36(12)28-18-29(35(9,10)11)32(38)25(28)17-30(36)37;/h13-18,30-32H,1-12H3;. The van der Waals surface area contributed by atoms with Crippen molar-refractivity contribution in [1.29, 1.82) is 0 Å². The van der Waals surface area contributed by atoms with E-state index in [4.69, 9.17) is 23.2 Å². The molecule has 4 unspecified atom stereocenters. The third-order valence-electron chi connectivity index (χ3n) is 9.72. The molecule has 4 atom stereocenters. The normalized spacial score (nSPS) is 27.1. The third-order valence-corrected chi connectivity index (χ3v) is 13.0. The van der Waals surface area contributed by atoms with E-state index in [0.717, 1.165) is 0 Å². The molecule has 0 amide bonds. The SMILES string of the molecule is Cc1cc2c(cc1C(C)(C)C)-c1cc(C(C)(C)C)c(C)cc1C2C1(C)C2=C(C(Cl)C(C(C)(C)C)=C2)[CH]([Zr])C1Cl. The zero-order valence-electron chi connectivity index (χ0n) is 26.0. The minimum absolute atomic E-state index is 0.00807. The molecule has 0 saturated carbocycles. The summed E-state index contributed by atoms with van der Waals surface area (Å²) in [5.41, 5.74) is 15.4. The fraction of sp³-hybridized carbons (Fsp3) is 0.556. The molecular formula is C36H45Cl2Zr. The molecule has 0 spiro atoms. The van der Waals surface area contributed by atoms with Crippen molar-refractivity contribution < 1.29 is 24.7 Å². The molecule has 0 bridgehead atoms. The average Bonchev–Trinajstić information content (AvgIpc) is 3.35. The summed E-state index contributed by atoms with van der Waals surface area (Å²) in [6, 6.07) is 10.0. The van der Waals surface area contributed by atoms with Gasteiger partial charge in [0, 0.05) is 0 Å². The number of benzene rings is 2. The van der Waals surface area contributed by atoms with E-state index in [1.807, 2.05) is 0 Å². The van der Waals surface area contributed by atoms with Gasteiger partial charge in [-0.3, -0.25) is 0 Å². The summed E-state index contributed by atoms with van der Waals surface area (Å²) in [7, 11) is 0. The van der Waals surface area contributed by atoms with Gasteiger partial charge in [0.2, 0.25) is 0 Å². The Morgan fingerprint density at radius 2 is 1.15 bits per heavy atom. The van der Waals surface area contributed by atoms with Crippen LogP contribution in [0.15, 0.2) is 47.1 Å². The number of fused-ring (bicyclic) bond motifs is 3. The number of hydrogen-bond acceptors (Lipinski definition) is 0.